The van der Waals surface area contributed by atoms with Crippen molar-refractivity contribution >= 4 is 17.9 Å². The van der Waals surface area contributed by atoms with Gasteiger partial charge in [0.2, 0.25) is 0 Å². The Labute approximate surface area is 200 Å². The lowest BCUT2D eigenvalue weighted by Gasteiger charge is -2.67. The van der Waals surface area contributed by atoms with Gasteiger partial charge in [-0.15, -0.1) is 0 Å². The monoisotopic (exact) mass is 452 g/mol. The van der Waals surface area contributed by atoms with Gasteiger partial charge in [0.15, 0.2) is 5.78 Å². The normalized spacial score (nSPS) is 50.7. The number of aldehydes is 1. The summed E-state index contributed by atoms with van der Waals surface area (Å²) < 4.78 is 0. The maximum Gasteiger partial charge on any atom is 0.159 e. The van der Waals surface area contributed by atoms with Gasteiger partial charge in [0.05, 0.1) is 0 Å². The van der Waals surface area contributed by atoms with E-state index in [1.54, 1.807) is 6.92 Å². The lowest BCUT2D eigenvalue weighted by atomic mass is 9.36. The molecular weight excluding hydrogens is 408 g/mol. The van der Waals surface area contributed by atoms with Gasteiger partial charge >= 0.3 is 0 Å². The minimum atomic E-state index is -0.0520. The Balaban J connectivity index is 1.56. The zero-order chi connectivity index (χ0) is 24.0. The molecule has 0 radical (unpaired) electrons. The molecule has 4 fully saturated rings. The van der Waals surface area contributed by atoms with Crippen LogP contribution >= 0.6 is 0 Å². The number of allylic oxidation sites excluding steroid dienone is 2. The summed E-state index contributed by atoms with van der Waals surface area (Å²) in [4.78, 5) is 38.3. The van der Waals surface area contributed by atoms with Crippen LogP contribution in [0.4, 0.5) is 0 Å². The van der Waals surface area contributed by atoms with Crippen LogP contribution in [-0.4, -0.2) is 17.9 Å². The minimum Gasteiger partial charge on any atom is -0.303 e. The second-order valence-electron chi connectivity index (χ2n) is 14.1. The van der Waals surface area contributed by atoms with Crippen molar-refractivity contribution < 1.29 is 14.4 Å². The van der Waals surface area contributed by atoms with E-state index in [4.69, 9.17) is 0 Å². The fourth-order valence-electron chi connectivity index (χ4n) is 10.4. The zero-order valence-electron chi connectivity index (χ0n) is 21.7. The third kappa shape index (κ3) is 3.09. The molecule has 0 aromatic rings. The molecule has 0 aliphatic heterocycles. The number of rotatable bonds is 2. The Morgan fingerprint density at radius 1 is 0.909 bits per heavy atom. The highest BCUT2D eigenvalue weighted by molar-refractivity contribution is 5.95. The van der Waals surface area contributed by atoms with Gasteiger partial charge in [0.1, 0.15) is 12.1 Å². The lowest BCUT2D eigenvalue weighted by Crippen LogP contribution is -2.63. The van der Waals surface area contributed by atoms with E-state index in [9.17, 15) is 14.4 Å². The number of carbonyl (C=O) groups is 3. The van der Waals surface area contributed by atoms with Crippen LogP contribution in [0.5, 0.6) is 0 Å². The number of fused-ring (bicyclic) bond motifs is 7. The average molecular weight is 453 g/mol. The first kappa shape index (κ1) is 23.5. The second kappa shape index (κ2) is 7.37. The molecule has 0 aromatic carbocycles. The van der Waals surface area contributed by atoms with Gasteiger partial charge in [-0.05, 0) is 110 Å². The van der Waals surface area contributed by atoms with Crippen molar-refractivity contribution in [3.63, 3.8) is 0 Å². The van der Waals surface area contributed by atoms with Crippen molar-refractivity contribution in [1.82, 2.24) is 0 Å². The Hall–Kier alpha value is -1.25. The van der Waals surface area contributed by atoms with E-state index in [0.29, 0.717) is 29.3 Å². The van der Waals surface area contributed by atoms with Crippen LogP contribution < -0.4 is 0 Å². The van der Waals surface area contributed by atoms with E-state index in [0.717, 1.165) is 44.9 Å². The first-order chi connectivity index (χ1) is 15.4. The molecule has 9 atom stereocenters. The SMILES string of the molecule is CC(=O)C1CCC2(C)CCC3C(=CC(=O)C4C3(C)CCC3C(C)(C)C(C=O)CCC34C)C2C1. The Morgan fingerprint density at radius 3 is 2.24 bits per heavy atom. The fourth-order valence-corrected chi connectivity index (χ4v) is 10.4. The molecule has 0 amide bonds. The van der Waals surface area contributed by atoms with Gasteiger partial charge in [0.25, 0.3) is 0 Å². The van der Waals surface area contributed by atoms with E-state index >= 15 is 0 Å². The third-order valence-electron chi connectivity index (χ3n) is 12.3. The van der Waals surface area contributed by atoms with Crippen molar-refractivity contribution in [2.24, 2.45) is 57.2 Å². The summed E-state index contributed by atoms with van der Waals surface area (Å²) in [5.41, 5.74) is 1.55. The summed E-state index contributed by atoms with van der Waals surface area (Å²) in [6.07, 6.45) is 12.9. The molecule has 5 aliphatic carbocycles. The molecular formula is C30H44O3. The summed E-state index contributed by atoms with van der Waals surface area (Å²) in [6.45, 7) is 13.6. The van der Waals surface area contributed by atoms with Gasteiger partial charge < -0.3 is 4.79 Å². The van der Waals surface area contributed by atoms with Crippen LogP contribution in [0.25, 0.3) is 0 Å². The van der Waals surface area contributed by atoms with Gasteiger partial charge in [-0.1, -0.05) is 40.2 Å². The number of hydrogen-bond acceptors (Lipinski definition) is 3. The molecule has 0 aromatic heterocycles. The number of Topliss-reactive ketones (excluding diaryl/α,β-unsaturated/α-hetero) is 1. The van der Waals surface area contributed by atoms with Crippen LogP contribution in [0.3, 0.4) is 0 Å². The zero-order valence-corrected chi connectivity index (χ0v) is 21.7. The first-order valence-corrected chi connectivity index (χ1v) is 13.6. The van der Waals surface area contributed by atoms with E-state index in [-0.39, 0.29) is 39.4 Å². The highest BCUT2D eigenvalue weighted by atomic mass is 16.1. The fraction of sp³-hybridized carbons (Fsp3) is 0.833. The van der Waals surface area contributed by atoms with Crippen molar-refractivity contribution in [2.75, 3.05) is 0 Å². The molecule has 3 heteroatoms. The molecule has 0 spiro atoms. The van der Waals surface area contributed by atoms with E-state index in [2.05, 4.69) is 40.7 Å². The molecule has 3 nitrogen and oxygen atoms in total. The van der Waals surface area contributed by atoms with Crippen LogP contribution in [0.1, 0.15) is 99.3 Å². The molecule has 5 rings (SSSR count). The second-order valence-corrected chi connectivity index (χ2v) is 14.1. The van der Waals surface area contributed by atoms with Crippen molar-refractivity contribution in [1.29, 1.82) is 0 Å². The molecule has 4 saturated carbocycles. The van der Waals surface area contributed by atoms with Crippen LogP contribution in [0, 0.1) is 57.2 Å². The molecule has 0 bridgehead atoms. The van der Waals surface area contributed by atoms with Crippen LogP contribution in [-0.2, 0) is 14.4 Å². The molecule has 9 unspecified atom stereocenters. The molecule has 33 heavy (non-hydrogen) atoms. The smallest absolute Gasteiger partial charge is 0.159 e. The van der Waals surface area contributed by atoms with Crippen molar-refractivity contribution in [3.8, 4) is 0 Å². The topological polar surface area (TPSA) is 51.2 Å². The van der Waals surface area contributed by atoms with Crippen LogP contribution in [0.2, 0.25) is 0 Å². The maximum atomic E-state index is 14.1. The summed E-state index contributed by atoms with van der Waals surface area (Å²) in [5.74, 6) is 2.26. The minimum absolute atomic E-state index is 0.00100. The van der Waals surface area contributed by atoms with E-state index in [1.165, 1.54) is 24.7 Å². The number of hydrogen-bond donors (Lipinski definition) is 0. The molecule has 182 valence electrons. The quantitative estimate of drug-likeness (QED) is 0.444. The summed E-state index contributed by atoms with van der Waals surface area (Å²) in [6, 6.07) is 0. The summed E-state index contributed by atoms with van der Waals surface area (Å²) in [5, 5.41) is 0. The van der Waals surface area contributed by atoms with Gasteiger partial charge in [-0.2, -0.15) is 0 Å². The van der Waals surface area contributed by atoms with Gasteiger partial charge in [-0.25, -0.2) is 0 Å². The molecule has 5 aliphatic rings. The Morgan fingerprint density at radius 2 is 1.58 bits per heavy atom. The van der Waals surface area contributed by atoms with Gasteiger partial charge in [0, 0.05) is 17.8 Å². The summed E-state index contributed by atoms with van der Waals surface area (Å²) >= 11 is 0. The largest absolute Gasteiger partial charge is 0.303 e. The highest BCUT2D eigenvalue weighted by Crippen LogP contribution is 2.71. The summed E-state index contributed by atoms with van der Waals surface area (Å²) in [7, 11) is 0. The number of ketones is 2. The Kier molecular flexibility index (Phi) is 5.25. The third-order valence-corrected chi connectivity index (χ3v) is 12.3. The maximum absolute atomic E-state index is 14.1. The predicted octanol–water partition coefficient (Wildman–Crippen LogP) is 6.59. The average Bonchev–Trinajstić information content (AvgIpc) is 2.72. The van der Waals surface area contributed by atoms with Gasteiger partial charge in [-0.3, -0.25) is 9.59 Å². The van der Waals surface area contributed by atoms with E-state index < -0.39 is 0 Å². The van der Waals surface area contributed by atoms with E-state index in [1.807, 2.05) is 0 Å². The standard InChI is InChI=1S/C30H44O3/c1-18(32)19-7-11-28(4)12-9-22-21(23(28)15-19)16-24(33)26-29(22,5)14-10-25-27(2,3)20(17-31)8-13-30(25,26)6/h16-17,19-20,22-23,25-26H,7-15H2,1-6H3. The molecule has 0 N–H and O–H groups in total. The number of carbonyl (C=O) groups excluding carboxylic acids is 3. The lowest BCUT2D eigenvalue weighted by molar-refractivity contribution is -0.177. The molecule has 0 saturated heterocycles. The Bertz CT molecular complexity index is 914. The van der Waals surface area contributed by atoms with Crippen LogP contribution in [0.15, 0.2) is 11.6 Å². The van der Waals surface area contributed by atoms with Crippen molar-refractivity contribution in [3.05, 3.63) is 11.6 Å². The highest BCUT2D eigenvalue weighted by Gasteiger charge is 2.66. The predicted molar refractivity (Wildman–Crippen MR) is 130 cm³/mol. The van der Waals surface area contributed by atoms with Crippen molar-refractivity contribution in [2.45, 2.75) is 99.3 Å². The first-order valence-electron chi connectivity index (χ1n) is 13.6. The molecule has 0 heterocycles.